The minimum absolute atomic E-state index is 0.187. The van der Waals surface area contributed by atoms with Gasteiger partial charge in [0, 0.05) is 31.5 Å². The zero-order chi connectivity index (χ0) is 23.3. The van der Waals surface area contributed by atoms with E-state index < -0.39 is 29.6 Å². The number of anilines is 1. The Bertz CT molecular complexity index is 818. The molecule has 1 saturated carbocycles. The molecule has 3 amide bonds. The summed E-state index contributed by atoms with van der Waals surface area (Å²) in [6.45, 7) is 2.89. The molecule has 0 spiro atoms. The summed E-state index contributed by atoms with van der Waals surface area (Å²) in [5.74, 6) is -3.19. The number of hydrogen-bond acceptors (Lipinski definition) is 6. The first-order valence-electron chi connectivity index (χ1n) is 10.8. The highest BCUT2D eigenvalue weighted by Crippen LogP contribution is 2.32. The number of nitrogens with zero attached hydrogens (tertiary/aromatic N) is 1. The topological polar surface area (TPSA) is 97.0 Å². The molecular weight excluding hydrogens is 424 g/mol. The lowest BCUT2D eigenvalue weighted by Crippen LogP contribution is -2.59. The largest absolute Gasteiger partial charge is 0.449 e. The van der Waals surface area contributed by atoms with E-state index in [-0.39, 0.29) is 30.5 Å². The maximum Gasteiger partial charge on any atom is 0.407 e. The normalized spacial score (nSPS) is 21.2. The number of ether oxygens (including phenoxy) is 2. The number of alkyl carbamates (subject to hydrolysis) is 1. The first kappa shape index (κ1) is 23.9. The second-order valence-electron chi connectivity index (χ2n) is 8.33. The van der Waals surface area contributed by atoms with Crippen LogP contribution in [-0.4, -0.2) is 57.4 Å². The highest BCUT2D eigenvalue weighted by molar-refractivity contribution is 5.91. The van der Waals surface area contributed by atoms with Crippen LogP contribution in [0.3, 0.4) is 0 Å². The molecule has 176 valence electrons. The fraction of sp³-hybridized carbons (Fsp3) is 0.591. The molecule has 1 aromatic carbocycles. The number of benzene rings is 1. The predicted octanol–water partition coefficient (Wildman–Crippen LogP) is 2.46. The lowest BCUT2D eigenvalue weighted by atomic mass is 9.83. The number of amides is 3. The number of nitrogens with one attached hydrogen (secondary N) is 2. The Hall–Kier alpha value is -2.75. The van der Waals surface area contributed by atoms with Gasteiger partial charge >= 0.3 is 6.09 Å². The summed E-state index contributed by atoms with van der Waals surface area (Å²) < 4.78 is 39.9. The Morgan fingerprint density at radius 1 is 1.25 bits per heavy atom. The summed E-state index contributed by atoms with van der Waals surface area (Å²) in [6, 6.07) is 2.16. The van der Waals surface area contributed by atoms with Crippen molar-refractivity contribution in [3.63, 3.8) is 0 Å². The van der Waals surface area contributed by atoms with Gasteiger partial charge < -0.3 is 19.7 Å². The van der Waals surface area contributed by atoms with Crippen LogP contribution in [0.2, 0.25) is 0 Å². The van der Waals surface area contributed by atoms with Crippen molar-refractivity contribution >= 4 is 24.1 Å². The van der Waals surface area contributed by atoms with Gasteiger partial charge in [-0.1, -0.05) is 13.3 Å². The number of hydrogen-bond donors (Lipinski definition) is 2. The molecule has 8 nitrogen and oxygen atoms in total. The molecule has 0 radical (unpaired) electrons. The summed E-state index contributed by atoms with van der Waals surface area (Å²) >= 11 is 0. The Balaban J connectivity index is 1.52. The van der Waals surface area contributed by atoms with E-state index >= 15 is 0 Å². The zero-order valence-corrected chi connectivity index (χ0v) is 18.2. The van der Waals surface area contributed by atoms with Crippen molar-refractivity contribution < 1.29 is 32.6 Å². The molecule has 1 heterocycles. The molecule has 0 bridgehead atoms. The Morgan fingerprint density at radius 3 is 2.47 bits per heavy atom. The number of imide groups is 1. The van der Waals surface area contributed by atoms with Crippen molar-refractivity contribution in [2.75, 3.05) is 31.7 Å². The Morgan fingerprint density at radius 2 is 1.91 bits per heavy atom. The molecular formula is C22H29F2N3O5. The molecule has 0 aromatic heterocycles. The van der Waals surface area contributed by atoms with E-state index in [1.165, 1.54) is 12.1 Å². The molecule has 2 aliphatic rings. The van der Waals surface area contributed by atoms with Crippen LogP contribution < -0.4 is 15.5 Å². The Labute approximate surface area is 185 Å². The third kappa shape index (κ3) is 5.53. The lowest BCUT2D eigenvalue weighted by Gasteiger charge is -2.41. The fourth-order valence-corrected chi connectivity index (χ4v) is 4.13. The fourth-order valence-electron chi connectivity index (χ4n) is 4.13. The van der Waals surface area contributed by atoms with Crippen LogP contribution in [0.4, 0.5) is 19.3 Å². The minimum Gasteiger partial charge on any atom is -0.449 e. The Kier molecular flexibility index (Phi) is 8.00. The van der Waals surface area contributed by atoms with Crippen LogP contribution in [-0.2, 0) is 19.1 Å². The summed E-state index contributed by atoms with van der Waals surface area (Å²) in [4.78, 5) is 36.3. The van der Waals surface area contributed by atoms with Gasteiger partial charge in [0.15, 0.2) is 0 Å². The van der Waals surface area contributed by atoms with E-state index in [2.05, 4.69) is 5.32 Å². The van der Waals surface area contributed by atoms with Gasteiger partial charge in [-0.25, -0.2) is 13.6 Å². The van der Waals surface area contributed by atoms with Gasteiger partial charge in [0.2, 0.25) is 12.3 Å². The van der Waals surface area contributed by atoms with Crippen LogP contribution in [0.5, 0.6) is 0 Å². The number of halogens is 2. The van der Waals surface area contributed by atoms with Gasteiger partial charge in [0.05, 0.1) is 24.7 Å². The summed E-state index contributed by atoms with van der Waals surface area (Å²) in [7, 11) is 1.66. The second-order valence-corrected chi connectivity index (χ2v) is 8.33. The monoisotopic (exact) mass is 453 g/mol. The lowest BCUT2D eigenvalue weighted by molar-refractivity contribution is -0.126. The molecule has 1 unspecified atom stereocenters. The standard InChI is InChI=1S/C22H29F2N3O5/c1-3-4-17(21(29)25-12-28)20-18(23)7-15(8-19(20)24)27-9-14(10-27)26-22(30)32-11-13-5-16(6-13)31-2/h7-8,12-14,16-17H,3-6,9-11H2,1-2H3,(H,26,30)(H,25,28,29). The predicted molar refractivity (Wildman–Crippen MR) is 112 cm³/mol. The van der Waals surface area contributed by atoms with E-state index in [9.17, 15) is 23.2 Å². The van der Waals surface area contributed by atoms with Crippen LogP contribution in [0.25, 0.3) is 0 Å². The highest BCUT2D eigenvalue weighted by atomic mass is 19.1. The molecule has 10 heteroatoms. The molecule has 1 aromatic rings. The summed E-state index contributed by atoms with van der Waals surface area (Å²) in [5.41, 5.74) is -0.0262. The number of carbonyl (C=O) groups excluding carboxylic acids is 3. The van der Waals surface area contributed by atoms with Crippen molar-refractivity contribution in [3.05, 3.63) is 29.3 Å². The number of carbonyl (C=O) groups is 3. The van der Waals surface area contributed by atoms with Gasteiger partial charge in [-0.3, -0.25) is 14.9 Å². The van der Waals surface area contributed by atoms with Crippen molar-refractivity contribution in [1.29, 1.82) is 0 Å². The molecule has 2 fully saturated rings. The minimum atomic E-state index is -1.09. The van der Waals surface area contributed by atoms with E-state index in [0.29, 0.717) is 37.7 Å². The van der Waals surface area contributed by atoms with Crippen LogP contribution >= 0.6 is 0 Å². The summed E-state index contributed by atoms with van der Waals surface area (Å²) in [6.07, 6.45) is 2.42. The maximum absolute atomic E-state index is 14.7. The quantitative estimate of drug-likeness (QED) is 0.529. The molecule has 1 aliphatic carbocycles. The smallest absolute Gasteiger partial charge is 0.407 e. The molecule has 1 atom stereocenters. The third-order valence-corrected chi connectivity index (χ3v) is 6.05. The average Bonchev–Trinajstić information content (AvgIpc) is 2.68. The van der Waals surface area contributed by atoms with Crippen molar-refractivity contribution in [3.8, 4) is 0 Å². The van der Waals surface area contributed by atoms with Crippen LogP contribution in [0, 0.1) is 17.6 Å². The molecule has 3 rings (SSSR count). The maximum atomic E-state index is 14.7. The first-order valence-corrected chi connectivity index (χ1v) is 10.8. The molecule has 1 aliphatic heterocycles. The van der Waals surface area contributed by atoms with Gasteiger partial charge in [0.25, 0.3) is 0 Å². The molecule has 1 saturated heterocycles. The van der Waals surface area contributed by atoms with E-state index in [0.717, 1.165) is 12.8 Å². The average molecular weight is 453 g/mol. The van der Waals surface area contributed by atoms with E-state index in [1.807, 2.05) is 5.32 Å². The molecule has 32 heavy (non-hydrogen) atoms. The van der Waals surface area contributed by atoms with E-state index in [4.69, 9.17) is 9.47 Å². The van der Waals surface area contributed by atoms with E-state index in [1.54, 1.807) is 18.9 Å². The van der Waals surface area contributed by atoms with Crippen molar-refractivity contribution in [1.82, 2.24) is 10.6 Å². The van der Waals surface area contributed by atoms with Crippen molar-refractivity contribution in [2.45, 2.75) is 50.7 Å². The van der Waals surface area contributed by atoms with Gasteiger partial charge in [-0.05, 0) is 37.3 Å². The van der Waals surface area contributed by atoms with Gasteiger partial charge in [0.1, 0.15) is 11.6 Å². The second kappa shape index (κ2) is 10.7. The molecule has 2 N–H and O–H groups in total. The first-order chi connectivity index (χ1) is 15.4. The van der Waals surface area contributed by atoms with Crippen LogP contribution in [0.15, 0.2) is 12.1 Å². The summed E-state index contributed by atoms with van der Waals surface area (Å²) in [5, 5.41) is 4.72. The van der Waals surface area contributed by atoms with Crippen molar-refractivity contribution in [2.24, 2.45) is 5.92 Å². The van der Waals surface area contributed by atoms with Gasteiger partial charge in [-0.2, -0.15) is 0 Å². The van der Waals surface area contributed by atoms with Crippen LogP contribution in [0.1, 0.15) is 44.1 Å². The highest BCUT2D eigenvalue weighted by Gasteiger charge is 2.33. The zero-order valence-electron chi connectivity index (χ0n) is 18.2. The SMILES string of the molecule is CCCC(C(=O)NC=O)c1c(F)cc(N2CC(NC(=O)OCC3CC(OC)C3)C2)cc1F. The third-order valence-electron chi connectivity index (χ3n) is 6.05. The number of rotatable bonds is 10. The van der Waals surface area contributed by atoms with Gasteiger partial charge in [-0.15, -0.1) is 0 Å². The number of methoxy groups -OCH3 is 1.